The predicted molar refractivity (Wildman–Crippen MR) is 121 cm³/mol. The van der Waals surface area contributed by atoms with Crippen molar-refractivity contribution in [1.82, 2.24) is 4.90 Å². The van der Waals surface area contributed by atoms with Crippen LogP contribution in [0.5, 0.6) is 11.5 Å². The van der Waals surface area contributed by atoms with E-state index < -0.39 is 0 Å². The Morgan fingerprint density at radius 1 is 1.21 bits per heavy atom. The van der Waals surface area contributed by atoms with Crippen molar-refractivity contribution < 1.29 is 14.6 Å². The second-order valence-electron chi connectivity index (χ2n) is 7.35. The Hall–Kier alpha value is -1.99. The van der Waals surface area contributed by atoms with Crippen LogP contribution in [0, 0.1) is 0 Å². The van der Waals surface area contributed by atoms with Crippen LogP contribution in [0.15, 0.2) is 42.5 Å². The van der Waals surface area contributed by atoms with Crippen molar-refractivity contribution in [2.75, 3.05) is 23.9 Å². The summed E-state index contributed by atoms with van der Waals surface area (Å²) in [6, 6.07) is 13.6. The molecule has 0 aromatic heterocycles. The van der Waals surface area contributed by atoms with Crippen LogP contribution in [0.1, 0.15) is 35.0 Å². The quantitative estimate of drug-likeness (QED) is 0.637. The number of urea groups is 1. The summed E-state index contributed by atoms with van der Waals surface area (Å²) in [5.41, 5.74) is 3.04. The molecule has 2 aliphatic rings. The number of rotatable bonds is 6. The summed E-state index contributed by atoms with van der Waals surface area (Å²) in [5, 5.41) is 12.9. The van der Waals surface area contributed by atoms with E-state index in [-0.39, 0.29) is 17.8 Å². The van der Waals surface area contributed by atoms with Crippen molar-refractivity contribution >= 4 is 35.2 Å². The zero-order chi connectivity index (χ0) is 20.2. The largest absolute Gasteiger partial charge is 0.504 e. The zero-order valence-electron chi connectivity index (χ0n) is 16.5. The first-order chi connectivity index (χ1) is 14.1. The minimum absolute atomic E-state index is 0.0827. The van der Waals surface area contributed by atoms with E-state index in [1.807, 2.05) is 46.6 Å². The third-order valence-electron chi connectivity index (χ3n) is 5.08. The number of hydrogen-bond donors (Lipinski definition) is 2. The van der Waals surface area contributed by atoms with E-state index >= 15 is 0 Å². The van der Waals surface area contributed by atoms with Gasteiger partial charge in [0.25, 0.3) is 0 Å². The molecule has 5 nitrogen and oxygen atoms in total. The fraction of sp³-hybridized carbons (Fsp3) is 0.409. The lowest BCUT2D eigenvalue weighted by Crippen LogP contribution is -2.36. The van der Waals surface area contributed by atoms with Gasteiger partial charge in [0.1, 0.15) is 0 Å². The summed E-state index contributed by atoms with van der Waals surface area (Å²) in [5.74, 6) is 2.92. The summed E-state index contributed by atoms with van der Waals surface area (Å²) in [7, 11) is 1.53. The minimum atomic E-state index is -0.0827. The zero-order valence-corrected chi connectivity index (χ0v) is 18.1. The fourth-order valence-electron chi connectivity index (χ4n) is 3.41. The molecule has 2 fully saturated rings. The van der Waals surface area contributed by atoms with Gasteiger partial charge in [0.2, 0.25) is 0 Å². The molecule has 0 radical (unpaired) electrons. The van der Waals surface area contributed by atoms with Crippen molar-refractivity contribution in [3.63, 3.8) is 0 Å². The average molecular weight is 431 g/mol. The van der Waals surface area contributed by atoms with Gasteiger partial charge in [-0.25, -0.2) is 4.79 Å². The number of ether oxygens (including phenoxy) is 1. The number of benzene rings is 2. The molecule has 1 saturated carbocycles. The highest BCUT2D eigenvalue weighted by atomic mass is 32.2. The van der Waals surface area contributed by atoms with E-state index in [0.717, 1.165) is 24.1 Å². The Morgan fingerprint density at radius 2 is 2.00 bits per heavy atom. The number of carbonyl (C=O) groups excluding carboxylic acids is 1. The molecule has 2 aromatic carbocycles. The number of anilines is 1. The van der Waals surface area contributed by atoms with E-state index in [0.29, 0.717) is 16.9 Å². The Kier molecular flexibility index (Phi) is 6.45. The van der Waals surface area contributed by atoms with Gasteiger partial charge in [-0.05, 0) is 66.2 Å². The lowest BCUT2D eigenvalue weighted by atomic mass is 10.2. The van der Waals surface area contributed by atoms with Gasteiger partial charge in [-0.3, -0.25) is 0 Å². The number of amides is 2. The Balaban J connectivity index is 1.45. The highest BCUT2D eigenvalue weighted by Gasteiger charge is 2.33. The van der Waals surface area contributed by atoms with Gasteiger partial charge < -0.3 is 20.1 Å². The van der Waals surface area contributed by atoms with Crippen LogP contribution in [0.3, 0.4) is 0 Å². The predicted octanol–water partition coefficient (Wildman–Crippen LogP) is 5.47. The van der Waals surface area contributed by atoms with Crippen molar-refractivity contribution in [3.05, 3.63) is 53.6 Å². The molecule has 1 heterocycles. The van der Waals surface area contributed by atoms with Crippen LogP contribution >= 0.6 is 23.5 Å². The molecule has 2 N–H and O–H groups in total. The Labute approximate surface area is 180 Å². The lowest BCUT2D eigenvalue weighted by molar-refractivity contribution is 0.206. The molecule has 154 valence electrons. The summed E-state index contributed by atoms with van der Waals surface area (Å²) >= 11 is 3.96. The smallest absolute Gasteiger partial charge is 0.322 e. The topological polar surface area (TPSA) is 61.8 Å². The third kappa shape index (κ3) is 5.14. The molecule has 29 heavy (non-hydrogen) atoms. The molecule has 0 unspecified atom stereocenters. The summed E-state index contributed by atoms with van der Waals surface area (Å²) < 4.78 is 5.65. The van der Waals surface area contributed by atoms with Crippen LogP contribution in [0.25, 0.3) is 0 Å². The number of nitrogens with one attached hydrogen (secondary N) is 1. The van der Waals surface area contributed by atoms with Gasteiger partial charge in [0, 0.05) is 18.3 Å². The number of hydrogen-bond acceptors (Lipinski definition) is 5. The number of aromatic hydroxyl groups is 1. The number of methoxy groups -OCH3 is 1. The molecule has 0 spiro atoms. The van der Waals surface area contributed by atoms with Crippen LogP contribution < -0.4 is 10.1 Å². The van der Waals surface area contributed by atoms with Gasteiger partial charge in [-0.1, -0.05) is 18.2 Å². The molecule has 0 bridgehead atoms. The first-order valence-corrected chi connectivity index (χ1v) is 12.0. The van der Waals surface area contributed by atoms with Gasteiger partial charge >= 0.3 is 6.03 Å². The molecule has 2 aromatic rings. The SMILES string of the molecule is COc1cc(CN(C(=O)Nc2cccc(C3SCCCS3)c2)C2CC2)ccc1O. The number of phenolic OH excluding ortho intramolecular Hbond substituents is 1. The number of nitrogens with zero attached hydrogens (tertiary/aromatic N) is 1. The third-order valence-corrected chi connectivity index (χ3v) is 8.10. The van der Waals surface area contributed by atoms with Crippen molar-refractivity contribution in [2.24, 2.45) is 0 Å². The maximum Gasteiger partial charge on any atom is 0.322 e. The maximum absolute atomic E-state index is 13.0. The molecule has 1 aliphatic carbocycles. The van der Waals surface area contributed by atoms with E-state index in [1.165, 1.54) is 30.6 Å². The molecule has 1 aliphatic heterocycles. The van der Waals surface area contributed by atoms with Gasteiger partial charge in [0.05, 0.1) is 11.7 Å². The van der Waals surface area contributed by atoms with Gasteiger partial charge in [-0.15, -0.1) is 23.5 Å². The first kappa shape index (κ1) is 20.3. The molecular formula is C22H26N2O3S2. The monoisotopic (exact) mass is 430 g/mol. The van der Waals surface area contributed by atoms with Crippen LogP contribution in [-0.2, 0) is 6.54 Å². The van der Waals surface area contributed by atoms with Gasteiger partial charge in [0.15, 0.2) is 11.5 Å². The molecule has 7 heteroatoms. The van der Waals surface area contributed by atoms with Crippen LogP contribution in [0.4, 0.5) is 10.5 Å². The normalized spacial score (nSPS) is 17.0. The highest BCUT2D eigenvalue weighted by molar-refractivity contribution is 8.16. The van der Waals surface area contributed by atoms with E-state index in [4.69, 9.17) is 4.74 Å². The molecule has 1 saturated heterocycles. The van der Waals surface area contributed by atoms with Crippen molar-refractivity contribution in [1.29, 1.82) is 0 Å². The summed E-state index contributed by atoms with van der Waals surface area (Å²) in [6.45, 7) is 0.487. The van der Waals surface area contributed by atoms with Crippen LogP contribution in [-0.4, -0.2) is 40.7 Å². The maximum atomic E-state index is 13.0. The number of carbonyl (C=O) groups is 1. The lowest BCUT2D eigenvalue weighted by Gasteiger charge is -2.24. The van der Waals surface area contributed by atoms with Crippen molar-refractivity contribution in [3.8, 4) is 11.5 Å². The second-order valence-corrected chi connectivity index (χ2v) is 10.1. The molecule has 2 amide bonds. The minimum Gasteiger partial charge on any atom is -0.504 e. The first-order valence-electron chi connectivity index (χ1n) is 9.91. The fourth-order valence-corrected chi connectivity index (χ4v) is 6.28. The summed E-state index contributed by atoms with van der Waals surface area (Å²) in [6.07, 6.45) is 3.32. The van der Waals surface area contributed by atoms with Gasteiger partial charge in [-0.2, -0.15) is 0 Å². The molecule has 4 rings (SSSR count). The Morgan fingerprint density at radius 3 is 2.72 bits per heavy atom. The molecule has 0 atom stereocenters. The number of phenols is 1. The van der Waals surface area contributed by atoms with E-state index in [1.54, 1.807) is 12.1 Å². The Bertz CT molecular complexity index is 867. The average Bonchev–Trinajstić information content (AvgIpc) is 3.59. The van der Waals surface area contributed by atoms with E-state index in [9.17, 15) is 9.90 Å². The highest BCUT2D eigenvalue weighted by Crippen LogP contribution is 2.44. The molecular weight excluding hydrogens is 404 g/mol. The van der Waals surface area contributed by atoms with Crippen LogP contribution in [0.2, 0.25) is 0 Å². The van der Waals surface area contributed by atoms with Crippen molar-refractivity contribution in [2.45, 2.75) is 36.4 Å². The van der Waals surface area contributed by atoms with E-state index in [2.05, 4.69) is 17.4 Å². The second kappa shape index (κ2) is 9.22. The number of thioether (sulfide) groups is 2. The summed E-state index contributed by atoms with van der Waals surface area (Å²) in [4.78, 5) is 14.9. The standard InChI is InChI=1S/C22H26N2O3S2/c1-27-20-12-15(6-9-19(20)25)14-24(18-7-8-18)22(26)23-17-5-2-4-16(13-17)21-28-10-3-11-29-21/h2,4-6,9,12-13,18,21,25H,3,7-8,10-11,14H2,1H3,(H,23,26).